The molecule has 5 nitrogen and oxygen atoms in total. The van der Waals surface area contributed by atoms with E-state index in [1.54, 1.807) is 6.92 Å². The topological polar surface area (TPSA) is 66.5 Å². The van der Waals surface area contributed by atoms with Gasteiger partial charge in [-0.25, -0.2) is 21.6 Å². The minimum Gasteiger partial charge on any atom is -0.346 e. The van der Waals surface area contributed by atoms with E-state index < -0.39 is 44.3 Å². The van der Waals surface area contributed by atoms with Crippen LogP contribution in [0.3, 0.4) is 0 Å². The lowest BCUT2D eigenvalue weighted by Gasteiger charge is -2.26. The fourth-order valence-electron chi connectivity index (χ4n) is 3.23. The Bertz CT molecular complexity index is 1020. The van der Waals surface area contributed by atoms with Crippen molar-refractivity contribution in [3.63, 3.8) is 0 Å². The Labute approximate surface area is 167 Å². The summed E-state index contributed by atoms with van der Waals surface area (Å²) >= 11 is 0. The monoisotopic (exact) mass is 426 g/mol. The molecule has 1 unspecified atom stereocenters. The Morgan fingerprint density at radius 1 is 0.966 bits per heavy atom. The molecule has 29 heavy (non-hydrogen) atoms. The molecule has 1 fully saturated rings. The first-order chi connectivity index (χ1) is 13.7. The molecule has 1 amide bonds. The number of nitrogens with one attached hydrogen (secondary N) is 1. The van der Waals surface area contributed by atoms with Crippen molar-refractivity contribution >= 4 is 15.9 Å². The zero-order valence-corrected chi connectivity index (χ0v) is 16.6. The Hall–Kier alpha value is -2.39. The number of sulfonamides is 1. The maximum absolute atomic E-state index is 14.3. The molecule has 0 saturated carbocycles. The summed E-state index contributed by atoms with van der Waals surface area (Å²) in [5.41, 5.74) is 0.289. The number of halogens is 3. The molecule has 0 aliphatic carbocycles. The van der Waals surface area contributed by atoms with Crippen LogP contribution in [-0.4, -0.2) is 31.7 Å². The summed E-state index contributed by atoms with van der Waals surface area (Å²) in [5.74, 6) is -3.63. The van der Waals surface area contributed by atoms with Gasteiger partial charge in [0.2, 0.25) is 10.0 Å². The van der Waals surface area contributed by atoms with Crippen LogP contribution in [0.1, 0.15) is 48.1 Å². The quantitative estimate of drug-likeness (QED) is 0.792. The number of benzene rings is 2. The smallest absolute Gasteiger partial charge is 0.251 e. The van der Waals surface area contributed by atoms with Crippen LogP contribution < -0.4 is 5.32 Å². The third-order valence-corrected chi connectivity index (χ3v) is 6.83. The van der Waals surface area contributed by atoms with Gasteiger partial charge in [-0.05, 0) is 55.7 Å². The number of carbonyl (C=O) groups excluding carboxylic acids is 1. The van der Waals surface area contributed by atoms with Crippen LogP contribution in [0.25, 0.3) is 0 Å². The first kappa shape index (κ1) is 21.3. The van der Waals surface area contributed by atoms with Gasteiger partial charge in [0.25, 0.3) is 5.91 Å². The van der Waals surface area contributed by atoms with Gasteiger partial charge < -0.3 is 5.32 Å². The van der Waals surface area contributed by atoms with Gasteiger partial charge in [-0.3, -0.25) is 4.79 Å². The predicted molar refractivity (Wildman–Crippen MR) is 101 cm³/mol. The average Bonchev–Trinajstić information content (AvgIpc) is 2.70. The van der Waals surface area contributed by atoms with Crippen LogP contribution in [-0.2, 0) is 10.0 Å². The maximum atomic E-state index is 14.3. The van der Waals surface area contributed by atoms with Crippen molar-refractivity contribution in [3.8, 4) is 0 Å². The Morgan fingerprint density at radius 3 is 2.28 bits per heavy atom. The normalized spacial score (nSPS) is 16.4. The van der Waals surface area contributed by atoms with Crippen molar-refractivity contribution in [1.29, 1.82) is 0 Å². The van der Waals surface area contributed by atoms with Crippen LogP contribution in [0.4, 0.5) is 13.2 Å². The van der Waals surface area contributed by atoms with E-state index in [9.17, 15) is 26.4 Å². The lowest BCUT2D eigenvalue weighted by atomic mass is 10.1. The van der Waals surface area contributed by atoms with Gasteiger partial charge in [0.15, 0.2) is 11.6 Å². The Morgan fingerprint density at radius 2 is 1.62 bits per heavy atom. The number of hydrogen-bond donors (Lipinski definition) is 1. The number of amides is 1. The van der Waals surface area contributed by atoms with Gasteiger partial charge in [-0.2, -0.15) is 4.31 Å². The number of piperidine rings is 1. The summed E-state index contributed by atoms with van der Waals surface area (Å²) in [4.78, 5) is 12.0. The summed E-state index contributed by atoms with van der Waals surface area (Å²) in [5, 5.41) is 2.58. The van der Waals surface area contributed by atoms with Crippen molar-refractivity contribution < 1.29 is 26.4 Å². The number of hydrogen-bond acceptors (Lipinski definition) is 3. The number of nitrogens with zero attached hydrogens (tertiary/aromatic N) is 1. The van der Waals surface area contributed by atoms with E-state index in [1.165, 1.54) is 16.4 Å². The first-order valence-electron chi connectivity index (χ1n) is 9.25. The van der Waals surface area contributed by atoms with Gasteiger partial charge in [0, 0.05) is 18.7 Å². The molecule has 0 spiro atoms. The first-order valence-corrected chi connectivity index (χ1v) is 10.7. The zero-order chi connectivity index (χ0) is 21.2. The Balaban J connectivity index is 1.82. The molecule has 1 saturated heterocycles. The second kappa shape index (κ2) is 8.54. The molecule has 156 valence electrons. The second-order valence-electron chi connectivity index (χ2n) is 6.98. The van der Waals surface area contributed by atoms with Crippen LogP contribution in [0, 0.1) is 17.5 Å². The molecule has 1 atom stereocenters. The van der Waals surface area contributed by atoms with Gasteiger partial charge in [0.1, 0.15) is 10.7 Å². The molecular formula is C20H21F3N2O3S. The van der Waals surface area contributed by atoms with Crippen molar-refractivity contribution in [2.24, 2.45) is 0 Å². The van der Waals surface area contributed by atoms with Crippen molar-refractivity contribution in [1.82, 2.24) is 9.62 Å². The van der Waals surface area contributed by atoms with E-state index in [4.69, 9.17) is 0 Å². The molecule has 9 heteroatoms. The highest BCUT2D eigenvalue weighted by molar-refractivity contribution is 7.89. The van der Waals surface area contributed by atoms with E-state index in [2.05, 4.69) is 5.32 Å². The third kappa shape index (κ3) is 4.62. The fraction of sp³-hybridized carbons (Fsp3) is 0.350. The molecule has 2 aromatic rings. The standard InChI is InChI=1S/C20H21F3N2O3S/c1-13(14-5-7-16(21)18(23)11-14)24-20(26)15-6-8-17(22)19(12-15)29(27,28)25-9-3-2-4-10-25/h5-8,11-13H,2-4,9-10H2,1H3,(H,24,26). The van der Waals surface area contributed by atoms with Crippen molar-refractivity contribution in [2.75, 3.05) is 13.1 Å². The SMILES string of the molecule is CC(NC(=O)c1ccc(F)c(S(=O)(=O)N2CCCCC2)c1)c1ccc(F)c(F)c1. The highest BCUT2D eigenvalue weighted by Crippen LogP contribution is 2.24. The van der Waals surface area contributed by atoms with Gasteiger partial charge in [-0.15, -0.1) is 0 Å². The molecule has 1 heterocycles. The average molecular weight is 426 g/mol. The molecule has 1 aliphatic heterocycles. The highest BCUT2D eigenvalue weighted by atomic mass is 32.2. The number of rotatable bonds is 5. The van der Waals surface area contributed by atoms with E-state index in [-0.39, 0.29) is 5.56 Å². The molecule has 0 radical (unpaired) electrons. The van der Waals surface area contributed by atoms with E-state index >= 15 is 0 Å². The van der Waals surface area contributed by atoms with Crippen LogP contribution in [0.15, 0.2) is 41.3 Å². The minimum absolute atomic E-state index is 0.0450. The molecule has 2 aromatic carbocycles. The Kier molecular flexibility index (Phi) is 6.28. The zero-order valence-electron chi connectivity index (χ0n) is 15.8. The van der Waals surface area contributed by atoms with Crippen LogP contribution >= 0.6 is 0 Å². The van der Waals surface area contributed by atoms with Crippen LogP contribution in [0.2, 0.25) is 0 Å². The maximum Gasteiger partial charge on any atom is 0.251 e. The molecular weight excluding hydrogens is 405 g/mol. The summed E-state index contributed by atoms with van der Waals surface area (Å²) in [6.45, 7) is 2.19. The molecule has 0 bridgehead atoms. The molecule has 1 N–H and O–H groups in total. The second-order valence-corrected chi connectivity index (χ2v) is 8.88. The summed E-state index contributed by atoms with van der Waals surface area (Å²) in [6, 6.07) is 5.70. The lowest BCUT2D eigenvalue weighted by Crippen LogP contribution is -2.36. The minimum atomic E-state index is -4.05. The van der Waals surface area contributed by atoms with Crippen molar-refractivity contribution in [2.45, 2.75) is 37.1 Å². The highest BCUT2D eigenvalue weighted by Gasteiger charge is 2.29. The predicted octanol–water partition coefficient (Wildman–Crippen LogP) is 3.77. The summed E-state index contributed by atoms with van der Waals surface area (Å²) in [6.07, 6.45) is 2.32. The summed E-state index contributed by atoms with van der Waals surface area (Å²) < 4.78 is 67.5. The van der Waals surface area contributed by atoms with Gasteiger partial charge in [0.05, 0.1) is 6.04 Å². The van der Waals surface area contributed by atoms with E-state index in [0.717, 1.165) is 30.7 Å². The van der Waals surface area contributed by atoms with Gasteiger partial charge >= 0.3 is 0 Å². The van der Waals surface area contributed by atoms with Gasteiger partial charge in [-0.1, -0.05) is 12.5 Å². The molecule has 0 aromatic heterocycles. The fourth-order valence-corrected chi connectivity index (χ4v) is 4.84. The lowest BCUT2D eigenvalue weighted by molar-refractivity contribution is 0.0939. The van der Waals surface area contributed by atoms with Crippen LogP contribution in [0.5, 0.6) is 0 Å². The van der Waals surface area contributed by atoms with E-state index in [0.29, 0.717) is 31.5 Å². The third-order valence-electron chi connectivity index (χ3n) is 4.92. The number of carbonyl (C=O) groups is 1. The largest absolute Gasteiger partial charge is 0.346 e. The molecule has 3 rings (SSSR count). The van der Waals surface area contributed by atoms with Crippen molar-refractivity contribution in [3.05, 3.63) is 65.0 Å². The van der Waals surface area contributed by atoms with E-state index in [1.807, 2.05) is 0 Å². The summed E-state index contributed by atoms with van der Waals surface area (Å²) in [7, 11) is -4.05. The molecule has 1 aliphatic rings.